The first kappa shape index (κ1) is 15.9. The van der Waals surface area contributed by atoms with Crippen molar-refractivity contribution in [2.24, 2.45) is 0 Å². The van der Waals surface area contributed by atoms with E-state index in [2.05, 4.69) is 0 Å². The van der Waals surface area contributed by atoms with E-state index in [0.29, 0.717) is 11.5 Å². The van der Waals surface area contributed by atoms with Gasteiger partial charge in [0.15, 0.2) is 0 Å². The maximum atomic E-state index is 12.8. The van der Waals surface area contributed by atoms with E-state index < -0.39 is 11.6 Å². The molecule has 1 aliphatic rings. The van der Waals surface area contributed by atoms with E-state index in [-0.39, 0.29) is 5.56 Å². The van der Waals surface area contributed by atoms with Crippen LogP contribution in [0.4, 0.5) is 0 Å². The predicted octanol–water partition coefficient (Wildman–Crippen LogP) is 3.75. The smallest absolute Gasteiger partial charge is 0.256 e. The summed E-state index contributed by atoms with van der Waals surface area (Å²) in [5.74, 6) is -2.81. The minimum atomic E-state index is -2.49. The lowest BCUT2D eigenvalue weighted by Crippen LogP contribution is -2.36. The maximum Gasteiger partial charge on any atom is 0.256 e. The van der Waals surface area contributed by atoms with Gasteiger partial charge in [0.2, 0.25) is 5.78 Å². The second-order valence-electron chi connectivity index (χ2n) is 6.29. The average Bonchev–Trinajstić information content (AvgIpc) is 2.62. The predicted molar refractivity (Wildman–Crippen MR) is 89.2 cm³/mol. The van der Waals surface area contributed by atoms with Crippen LogP contribution in [0.1, 0.15) is 59.5 Å². The van der Waals surface area contributed by atoms with Crippen molar-refractivity contribution < 1.29 is 15.0 Å². The first-order chi connectivity index (χ1) is 11.1. The Labute approximate surface area is 136 Å². The van der Waals surface area contributed by atoms with E-state index in [4.69, 9.17) is 0 Å². The van der Waals surface area contributed by atoms with Gasteiger partial charge in [-0.25, -0.2) is 0 Å². The highest BCUT2D eigenvalue weighted by molar-refractivity contribution is 6.03. The lowest BCUT2D eigenvalue weighted by atomic mass is 9.80. The minimum absolute atomic E-state index is 0.198. The first-order valence-corrected chi connectivity index (χ1v) is 8.24. The van der Waals surface area contributed by atoms with Crippen molar-refractivity contribution in [2.75, 3.05) is 0 Å². The van der Waals surface area contributed by atoms with Crippen LogP contribution in [-0.2, 0) is 5.79 Å². The molecule has 2 aromatic rings. The first-order valence-electron chi connectivity index (χ1n) is 8.24. The van der Waals surface area contributed by atoms with Gasteiger partial charge in [0.05, 0.1) is 0 Å². The fraction of sp³-hybridized carbons (Fsp3) is 0.350. The number of Topliss-reactive ketones (excluding diaryl/α,β-unsaturated/α-hetero) is 1. The Morgan fingerprint density at radius 1 is 0.870 bits per heavy atom. The molecule has 0 unspecified atom stereocenters. The van der Waals surface area contributed by atoms with Crippen molar-refractivity contribution in [3.05, 3.63) is 71.3 Å². The quantitative estimate of drug-likeness (QED) is 0.668. The summed E-state index contributed by atoms with van der Waals surface area (Å²) in [6, 6.07) is 15.6. The Morgan fingerprint density at radius 3 is 2.17 bits per heavy atom. The lowest BCUT2D eigenvalue weighted by molar-refractivity contribution is -0.128. The van der Waals surface area contributed by atoms with Crippen LogP contribution in [-0.4, -0.2) is 16.0 Å². The van der Waals surface area contributed by atoms with E-state index in [1.807, 2.05) is 12.1 Å². The molecule has 0 saturated heterocycles. The van der Waals surface area contributed by atoms with Gasteiger partial charge in [0.25, 0.3) is 5.79 Å². The lowest BCUT2D eigenvalue weighted by Gasteiger charge is -2.27. The fourth-order valence-corrected chi connectivity index (χ4v) is 3.46. The molecule has 0 radical (unpaired) electrons. The molecule has 3 rings (SSSR count). The molecule has 0 atom stereocenters. The van der Waals surface area contributed by atoms with E-state index in [0.717, 1.165) is 31.2 Å². The Kier molecular flexibility index (Phi) is 4.60. The third kappa shape index (κ3) is 3.21. The van der Waals surface area contributed by atoms with Gasteiger partial charge in [-0.3, -0.25) is 4.79 Å². The van der Waals surface area contributed by atoms with Crippen LogP contribution in [0.25, 0.3) is 0 Å². The monoisotopic (exact) mass is 310 g/mol. The third-order valence-electron chi connectivity index (χ3n) is 4.74. The van der Waals surface area contributed by atoms with Crippen LogP contribution in [0.15, 0.2) is 54.6 Å². The zero-order valence-electron chi connectivity index (χ0n) is 13.1. The number of hydrogen-bond acceptors (Lipinski definition) is 3. The molecule has 2 aromatic carbocycles. The maximum absolute atomic E-state index is 12.8. The molecule has 0 aliphatic heterocycles. The van der Waals surface area contributed by atoms with Crippen LogP contribution in [0.5, 0.6) is 0 Å². The Hall–Kier alpha value is -1.97. The van der Waals surface area contributed by atoms with E-state index >= 15 is 0 Å². The normalized spacial score (nSPS) is 16.3. The zero-order valence-corrected chi connectivity index (χ0v) is 13.1. The molecule has 0 bridgehead atoms. The largest absolute Gasteiger partial charge is 0.356 e. The van der Waals surface area contributed by atoms with Gasteiger partial charge >= 0.3 is 0 Å². The summed E-state index contributed by atoms with van der Waals surface area (Å²) < 4.78 is 0. The average molecular weight is 310 g/mol. The van der Waals surface area contributed by atoms with Crippen molar-refractivity contribution in [3.63, 3.8) is 0 Å². The van der Waals surface area contributed by atoms with Gasteiger partial charge in [0, 0.05) is 11.1 Å². The third-order valence-corrected chi connectivity index (χ3v) is 4.74. The van der Waals surface area contributed by atoms with Crippen LogP contribution in [0, 0.1) is 0 Å². The van der Waals surface area contributed by atoms with Crippen LogP contribution in [0.3, 0.4) is 0 Å². The molecule has 2 N–H and O–H groups in total. The minimum Gasteiger partial charge on any atom is -0.356 e. The summed E-state index contributed by atoms with van der Waals surface area (Å²) in [6.45, 7) is 0. The van der Waals surface area contributed by atoms with Crippen LogP contribution >= 0.6 is 0 Å². The van der Waals surface area contributed by atoms with Crippen LogP contribution < -0.4 is 0 Å². The highest BCUT2D eigenvalue weighted by Crippen LogP contribution is 2.36. The summed E-state index contributed by atoms with van der Waals surface area (Å²) in [5.41, 5.74) is 1.57. The van der Waals surface area contributed by atoms with Gasteiger partial charge in [-0.15, -0.1) is 0 Å². The molecular weight excluding hydrogens is 288 g/mol. The standard InChI is InChI=1S/C20H22O3/c21-19(20(22,23)16-11-5-2-6-12-16)18-14-8-7-13-17(18)15-9-3-1-4-10-15/h2,5-8,11-15,22-23H,1,3-4,9-10H2. The second kappa shape index (κ2) is 6.65. The fourth-order valence-electron chi connectivity index (χ4n) is 3.46. The summed E-state index contributed by atoms with van der Waals surface area (Å²) in [5, 5.41) is 20.9. The summed E-state index contributed by atoms with van der Waals surface area (Å²) >= 11 is 0. The summed E-state index contributed by atoms with van der Waals surface area (Å²) in [6.07, 6.45) is 5.67. The van der Waals surface area contributed by atoms with Gasteiger partial charge in [-0.05, 0) is 24.3 Å². The van der Waals surface area contributed by atoms with Gasteiger partial charge in [-0.2, -0.15) is 0 Å². The van der Waals surface area contributed by atoms with Crippen molar-refractivity contribution >= 4 is 5.78 Å². The molecular formula is C20H22O3. The molecule has 0 aromatic heterocycles. The Morgan fingerprint density at radius 2 is 1.48 bits per heavy atom. The number of benzene rings is 2. The van der Waals surface area contributed by atoms with Crippen molar-refractivity contribution in [3.8, 4) is 0 Å². The number of hydrogen-bond donors (Lipinski definition) is 2. The van der Waals surface area contributed by atoms with E-state index in [1.54, 1.807) is 42.5 Å². The molecule has 0 amide bonds. The highest BCUT2D eigenvalue weighted by Gasteiger charge is 2.37. The molecule has 1 aliphatic carbocycles. The molecule has 1 fully saturated rings. The number of ketones is 1. The molecule has 120 valence electrons. The van der Waals surface area contributed by atoms with E-state index in [1.165, 1.54) is 6.42 Å². The Balaban J connectivity index is 1.96. The molecule has 0 spiro atoms. The summed E-state index contributed by atoms with van der Waals surface area (Å²) in [4.78, 5) is 12.8. The van der Waals surface area contributed by atoms with Gasteiger partial charge in [-0.1, -0.05) is 73.9 Å². The number of carbonyl (C=O) groups excluding carboxylic acids is 1. The molecule has 3 nitrogen and oxygen atoms in total. The Bertz CT molecular complexity index is 670. The molecule has 23 heavy (non-hydrogen) atoms. The number of carbonyl (C=O) groups is 1. The second-order valence-corrected chi connectivity index (χ2v) is 6.29. The van der Waals surface area contributed by atoms with Crippen molar-refractivity contribution in [2.45, 2.75) is 43.8 Å². The zero-order chi connectivity index (χ0) is 16.3. The topological polar surface area (TPSA) is 57.5 Å². The van der Waals surface area contributed by atoms with E-state index in [9.17, 15) is 15.0 Å². The molecule has 0 heterocycles. The van der Waals surface area contributed by atoms with Crippen molar-refractivity contribution in [1.29, 1.82) is 0 Å². The molecule has 1 saturated carbocycles. The van der Waals surface area contributed by atoms with Gasteiger partial charge < -0.3 is 10.2 Å². The molecule has 3 heteroatoms. The van der Waals surface area contributed by atoms with Crippen molar-refractivity contribution in [1.82, 2.24) is 0 Å². The summed E-state index contributed by atoms with van der Waals surface area (Å²) in [7, 11) is 0. The number of aliphatic hydroxyl groups is 2. The highest BCUT2D eigenvalue weighted by atomic mass is 16.5. The van der Waals surface area contributed by atoms with Gasteiger partial charge in [0.1, 0.15) is 0 Å². The number of rotatable bonds is 4. The SMILES string of the molecule is O=C(c1ccccc1C1CCCCC1)C(O)(O)c1ccccc1. The van der Waals surface area contributed by atoms with Crippen LogP contribution in [0.2, 0.25) is 0 Å².